The highest BCUT2D eigenvalue weighted by Gasteiger charge is 2.25. The lowest BCUT2D eigenvalue weighted by atomic mass is 9.97. The van der Waals surface area contributed by atoms with E-state index in [1.165, 1.54) is 0 Å². The van der Waals surface area contributed by atoms with Crippen LogP contribution in [0.2, 0.25) is 0 Å². The van der Waals surface area contributed by atoms with Gasteiger partial charge in [0, 0.05) is 11.0 Å². The Kier molecular flexibility index (Phi) is 5.33. The number of sulfonamides is 1. The molecule has 0 fully saturated rings. The third-order valence-corrected chi connectivity index (χ3v) is 4.63. The van der Waals surface area contributed by atoms with Crippen molar-refractivity contribution < 1.29 is 13.5 Å². The number of nitrogens with one attached hydrogen (secondary N) is 1. The minimum atomic E-state index is -3.30. The highest BCUT2D eigenvalue weighted by Crippen LogP contribution is 2.22. The molecule has 1 atom stereocenters. The van der Waals surface area contributed by atoms with Crippen molar-refractivity contribution in [3.05, 3.63) is 34.3 Å². The normalized spacial score (nSPS) is 15.3. The Hall–Kier alpha value is -0.430. The lowest BCUT2D eigenvalue weighted by Crippen LogP contribution is -2.39. The summed E-state index contributed by atoms with van der Waals surface area (Å²) in [5.41, 5.74) is -0.550. The summed E-state index contributed by atoms with van der Waals surface area (Å²) in [6, 6.07) is 7.14. The van der Waals surface area contributed by atoms with Crippen molar-refractivity contribution >= 4 is 26.0 Å². The van der Waals surface area contributed by atoms with Crippen LogP contribution in [0.25, 0.3) is 0 Å². The van der Waals surface area contributed by atoms with E-state index in [4.69, 9.17) is 0 Å². The van der Waals surface area contributed by atoms with Crippen molar-refractivity contribution in [2.24, 2.45) is 0 Å². The van der Waals surface area contributed by atoms with Gasteiger partial charge in [0.1, 0.15) is 5.60 Å². The van der Waals surface area contributed by atoms with Crippen LogP contribution in [0.1, 0.15) is 25.8 Å². The van der Waals surface area contributed by atoms with Gasteiger partial charge in [0.25, 0.3) is 0 Å². The molecule has 102 valence electrons. The molecular weight excluding hydrogens is 318 g/mol. The summed E-state index contributed by atoms with van der Waals surface area (Å²) < 4.78 is 26.4. The fourth-order valence-corrected chi connectivity index (χ4v) is 2.95. The zero-order chi connectivity index (χ0) is 13.8. The van der Waals surface area contributed by atoms with E-state index in [1.807, 2.05) is 12.1 Å². The first-order valence-corrected chi connectivity index (χ1v) is 8.17. The summed E-state index contributed by atoms with van der Waals surface area (Å²) in [6.45, 7) is 3.35. The number of hydrogen-bond donors (Lipinski definition) is 2. The van der Waals surface area contributed by atoms with E-state index in [9.17, 15) is 13.5 Å². The topological polar surface area (TPSA) is 66.4 Å². The molecule has 0 aliphatic rings. The summed E-state index contributed by atoms with van der Waals surface area (Å²) in [6.07, 6.45) is 0.551. The Morgan fingerprint density at radius 3 is 2.39 bits per heavy atom. The SMILES string of the molecule is CCCS(=O)(=O)NCC(C)(O)c1ccc(Br)cc1. The molecule has 0 aliphatic heterocycles. The molecule has 6 heteroatoms. The van der Waals surface area contributed by atoms with Gasteiger partial charge in [0.05, 0.1) is 5.75 Å². The summed E-state index contributed by atoms with van der Waals surface area (Å²) in [4.78, 5) is 0. The Labute approximate surface area is 117 Å². The Balaban J connectivity index is 2.73. The maximum Gasteiger partial charge on any atom is 0.211 e. The van der Waals surface area contributed by atoms with Gasteiger partial charge in [0.15, 0.2) is 0 Å². The van der Waals surface area contributed by atoms with E-state index in [0.717, 1.165) is 4.47 Å². The lowest BCUT2D eigenvalue weighted by Gasteiger charge is -2.24. The molecule has 0 amide bonds. The Bertz CT molecular complexity index is 483. The maximum absolute atomic E-state index is 11.5. The Morgan fingerprint density at radius 2 is 1.89 bits per heavy atom. The largest absolute Gasteiger partial charge is 0.384 e. The van der Waals surface area contributed by atoms with Gasteiger partial charge >= 0.3 is 0 Å². The predicted molar refractivity (Wildman–Crippen MR) is 75.8 cm³/mol. The summed E-state index contributed by atoms with van der Waals surface area (Å²) in [7, 11) is -3.30. The highest BCUT2D eigenvalue weighted by molar-refractivity contribution is 9.10. The van der Waals surface area contributed by atoms with Crippen molar-refractivity contribution in [2.45, 2.75) is 25.9 Å². The number of rotatable bonds is 6. The van der Waals surface area contributed by atoms with Gasteiger partial charge in [0.2, 0.25) is 10.0 Å². The molecule has 0 aromatic heterocycles. The van der Waals surface area contributed by atoms with Gasteiger partial charge in [-0.1, -0.05) is 35.0 Å². The van der Waals surface area contributed by atoms with E-state index >= 15 is 0 Å². The quantitative estimate of drug-likeness (QED) is 0.835. The van der Waals surface area contributed by atoms with Gasteiger partial charge in [-0.25, -0.2) is 13.1 Å². The Morgan fingerprint density at radius 1 is 1.33 bits per heavy atom. The molecule has 1 aromatic carbocycles. The monoisotopic (exact) mass is 335 g/mol. The molecule has 0 bridgehead atoms. The van der Waals surface area contributed by atoms with Crippen LogP contribution >= 0.6 is 15.9 Å². The van der Waals surface area contributed by atoms with Gasteiger partial charge in [-0.05, 0) is 31.0 Å². The van der Waals surface area contributed by atoms with Crippen LogP contribution in [0.5, 0.6) is 0 Å². The number of hydrogen-bond acceptors (Lipinski definition) is 3. The minimum absolute atomic E-state index is 0.0308. The fourth-order valence-electron chi connectivity index (χ4n) is 1.50. The number of halogens is 1. The van der Waals surface area contributed by atoms with Gasteiger partial charge in [-0.15, -0.1) is 0 Å². The van der Waals surface area contributed by atoms with Crippen molar-refractivity contribution in [1.29, 1.82) is 0 Å². The molecule has 1 aromatic rings. The van der Waals surface area contributed by atoms with Crippen LogP contribution in [0.3, 0.4) is 0 Å². The second kappa shape index (κ2) is 6.14. The maximum atomic E-state index is 11.5. The first-order chi connectivity index (χ1) is 8.27. The average molecular weight is 336 g/mol. The van der Waals surface area contributed by atoms with Crippen LogP contribution in [-0.4, -0.2) is 25.8 Å². The molecule has 4 nitrogen and oxygen atoms in total. The molecule has 1 rings (SSSR count). The van der Waals surface area contributed by atoms with Crippen LogP contribution in [0, 0.1) is 0 Å². The molecule has 18 heavy (non-hydrogen) atoms. The van der Waals surface area contributed by atoms with Gasteiger partial charge in [-0.3, -0.25) is 0 Å². The zero-order valence-electron chi connectivity index (χ0n) is 10.5. The fraction of sp³-hybridized carbons (Fsp3) is 0.500. The van der Waals surface area contributed by atoms with Gasteiger partial charge in [-0.2, -0.15) is 0 Å². The summed E-state index contributed by atoms with van der Waals surface area (Å²) >= 11 is 3.31. The van der Waals surface area contributed by atoms with Crippen molar-refractivity contribution in [2.75, 3.05) is 12.3 Å². The second-order valence-electron chi connectivity index (χ2n) is 4.42. The molecule has 0 spiro atoms. The third-order valence-electron chi connectivity index (χ3n) is 2.58. The molecule has 2 N–H and O–H groups in total. The van der Waals surface area contributed by atoms with Crippen LogP contribution < -0.4 is 4.72 Å². The van der Waals surface area contributed by atoms with E-state index in [-0.39, 0.29) is 12.3 Å². The summed E-state index contributed by atoms with van der Waals surface area (Å²) in [5, 5.41) is 10.3. The molecule has 1 unspecified atom stereocenters. The van der Waals surface area contributed by atoms with Crippen molar-refractivity contribution in [3.8, 4) is 0 Å². The van der Waals surface area contributed by atoms with Crippen molar-refractivity contribution in [3.63, 3.8) is 0 Å². The van der Waals surface area contributed by atoms with E-state index in [2.05, 4.69) is 20.7 Å². The van der Waals surface area contributed by atoms with E-state index in [0.29, 0.717) is 12.0 Å². The molecular formula is C12H18BrNO3S. The summed E-state index contributed by atoms with van der Waals surface area (Å²) in [5.74, 6) is 0.0728. The smallest absolute Gasteiger partial charge is 0.211 e. The molecule has 0 saturated carbocycles. The van der Waals surface area contributed by atoms with Crippen LogP contribution in [0.4, 0.5) is 0 Å². The molecule has 0 saturated heterocycles. The third kappa shape index (κ3) is 4.68. The average Bonchev–Trinajstić information content (AvgIpc) is 2.27. The first kappa shape index (κ1) is 15.6. The minimum Gasteiger partial charge on any atom is -0.384 e. The van der Waals surface area contributed by atoms with Crippen LogP contribution in [-0.2, 0) is 15.6 Å². The zero-order valence-corrected chi connectivity index (χ0v) is 12.9. The predicted octanol–water partition coefficient (Wildman–Crippen LogP) is 1.99. The van der Waals surface area contributed by atoms with E-state index in [1.54, 1.807) is 26.0 Å². The first-order valence-electron chi connectivity index (χ1n) is 5.72. The standard InChI is InChI=1S/C12H18BrNO3S/c1-3-8-18(16,17)14-9-12(2,15)10-4-6-11(13)7-5-10/h4-7,14-15H,3,8-9H2,1-2H3. The molecule has 0 heterocycles. The number of benzene rings is 1. The van der Waals surface area contributed by atoms with Crippen molar-refractivity contribution in [1.82, 2.24) is 4.72 Å². The lowest BCUT2D eigenvalue weighted by molar-refractivity contribution is 0.0627. The second-order valence-corrected chi connectivity index (χ2v) is 7.26. The van der Waals surface area contributed by atoms with E-state index < -0.39 is 15.6 Å². The molecule has 0 radical (unpaired) electrons. The highest BCUT2D eigenvalue weighted by atomic mass is 79.9. The molecule has 0 aliphatic carbocycles. The van der Waals surface area contributed by atoms with Crippen LogP contribution in [0.15, 0.2) is 28.7 Å². The number of aliphatic hydroxyl groups is 1. The van der Waals surface area contributed by atoms with Gasteiger partial charge < -0.3 is 5.11 Å².